The first kappa shape index (κ1) is 18.3. The van der Waals surface area contributed by atoms with Gasteiger partial charge in [0.1, 0.15) is 5.52 Å². The van der Waals surface area contributed by atoms with Crippen molar-refractivity contribution in [2.24, 2.45) is 0 Å². The van der Waals surface area contributed by atoms with Crippen LogP contribution in [0.1, 0.15) is 22.2 Å². The quantitative estimate of drug-likeness (QED) is 0.649. The van der Waals surface area contributed by atoms with Crippen LogP contribution in [0.25, 0.3) is 11.2 Å². The van der Waals surface area contributed by atoms with Gasteiger partial charge in [-0.3, -0.25) is 4.79 Å². The molecule has 0 unspecified atom stereocenters. The van der Waals surface area contributed by atoms with E-state index in [4.69, 9.17) is 4.74 Å². The van der Waals surface area contributed by atoms with Gasteiger partial charge in [-0.2, -0.15) is 4.98 Å². The summed E-state index contributed by atoms with van der Waals surface area (Å²) >= 11 is 0. The number of hydrogen-bond acceptors (Lipinski definition) is 8. The lowest BCUT2D eigenvalue weighted by molar-refractivity contribution is 0.0933. The fraction of sp³-hybridized carbons (Fsp3) is 0.294. The van der Waals surface area contributed by atoms with Crippen molar-refractivity contribution in [1.82, 2.24) is 24.7 Å². The van der Waals surface area contributed by atoms with Crippen LogP contribution in [0.5, 0.6) is 0 Å². The van der Waals surface area contributed by atoms with Crippen LogP contribution in [0.3, 0.4) is 0 Å². The van der Waals surface area contributed by atoms with Gasteiger partial charge in [0.2, 0.25) is 21.8 Å². The van der Waals surface area contributed by atoms with Crippen LogP contribution < -0.4 is 9.62 Å². The van der Waals surface area contributed by atoms with E-state index in [2.05, 4.69) is 24.8 Å². The number of fused-ring (bicyclic) bond motifs is 1. The van der Waals surface area contributed by atoms with Gasteiger partial charge in [-0.25, -0.2) is 23.1 Å². The number of carbonyl (C=O) groups is 1. The number of ether oxygens (including phenoxy) is 1. The average Bonchev–Trinajstić information content (AvgIpc) is 3.10. The molecule has 1 aliphatic heterocycles. The number of aromatic nitrogens is 4. The minimum Gasteiger partial charge on any atom is -0.377 e. The summed E-state index contributed by atoms with van der Waals surface area (Å²) in [5.74, 6) is -0.581. The number of amides is 1. The minimum absolute atomic E-state index is 0.0172. The van der Waals surface area contributed by atoms with Crippen LogP contribution in [0.15, 0.2) is 36.5 Å². The first-order chi connectivity index (χ1) is 13.4. The highest BCUT2D eigenvalue weighted by molar-refractivity contribution is 7.89. The molecule has 10 nitrogen and oxygen atoms in total. The molecule has 1 atom stereocenters. The van der Waals surface area contributed by atoms with Crippen LogP contribution in [-0.4, -0.2) is 60.3 Å². The molecule has 1 saturated heterocycles. The summed E-state index contributed by atoms with van der Waals surface area (Å²) in [5, 5.41) is 0. The molecule has 0 bridgehead atoms. The highest BCUT2D eigenvalue weighted by Gasteiger charge is 2.27. The van der Waals surface area contributed by atoms with Crippen LogP contribution in [0.4, 0.5) is 5.95 Å². The second kappa shape index (κ2) is 7.17. The van der Waals surface area contributed by atoms with Crippen LogP contribution in [-0.2, 0) is 14.8 Å². The predicted octanol–water partition coefficient (Wildman–Crippen LogP) is 0.620. The van der Waals surface area contributed by atoms with Crippen LogP contribution in [0.2, 0.25) is 0 Å². The van der Waals surface area contributed by atoms with Crippen LogP contribution in [0, 0.1) is 0 Å². The number of carbonyl (C=O) groups excluding carboxylic acids is 1. The Morgan fingerprint density at radius 1 is 1.29 bits per heavy atom. The SMILES string of the molecule is CS(=O)(=O)NC(=O)c1ncc2[nH]c(N3CCOC[C@H]3c3ccccc3)nc2n1. The Kier molecular flexibility index (Phi) is 4.69. The third-order valence-electron chi connectivity index (χ3n) is 4.29. The smallest absolute Gasteiger partial charge is 0.302 e. The first-order valence-electron chi connectivity index (χ1n) is 8.55. The summed E-state index contributed by atoms with van der Waals surface area (Å²) in [4.78, 5) is 29.7. The number of rotatable bonds is 4. The van der Waals surface area contributed by atoms with E-state index in [1.807, 2.05) is 35.1 Å². The zero-order valence-electron chi connectivity index (χ0n) is 15.0. The summed E-state index contributed by atoms with van der Waals surface area (Å²) in [6.07, 6.45) is 2.30. The maximum absolute atomic E-state index is 12.0. The Bertz CT molecular complexity index is 1120. The van der Waals surface area contributed by atoms with Gasteiger partial charge in [-0.1, -0.05) is 30.3 Å². The molecule has 4 rings (SSSR count). The maximum Gasteiger partial charge on any atom is 0.302 e. The van der Waals surface area contributed by atoms with Gasteiger partial charge in [-0.05, 0) is 5.56 Å². The summed E-state index contributed by atoms with van der Waals surface area (Å²) in [6, 6.07) is 9.94. The molecular weight excluding hydrogens is 384 g/mol. The number of H-pyrrole nitrogens is 1. The number of sulfonamides is 1. The fourth-order valence-corrected chi connectivity index (χ4v) is 3.49. The lowest BCUT2D eigenvalue weighted by Gasteiger charge is -2.35. The molecule has 2 aromatic heterocycles. The molecule has 3 heterocycles. The van der Waals surface area contributed by atoms with Crippen molar-refractivity contribution in [1.29, 1.82) is 0 Å². The van der Waals surface area contributed by atoms with E-state index in [9.17, 15) is 13.2 Å². The zero-order valence-corrected chi connectivity index (χ0v) is 15.8. The first-order valence-corrected chi connectivity index (χ1v) is 10.4. The van der Waals surface area contributed by atoms with E-state index >= 15 is 0 Å². The normalized spacial score (nSPS) is 17.6. The Morgan fingerprint density at radius 3 is 2.82 bits per heavy atom. The third kappa shape index (κ3) is 3.80. The Labute approximate surface area is 161 Å². The lowest BCUT2D eigenvalue weighted by Crippen LogP contribution is -2.40. The molecule has 3 aromatic rings. The predicted molar refractivity (Wildman–Crippen MR) is 101 cm³/mol. The average molecular weight is 402 g/mol. The van der Waals surface area contributed by atoms with Gasteiger partial charge in [0.15, 0.2) is 5.65 Å². The van der Waals surface area contributed by atoms with Crippen molar-refractivity contribution >= 4 is 33.0 Å². The van der Waals surface area contributed by atoms with Gasteiger partial charge in [0.05, 0.1) is 31.7 Å². The minimum atomic E-state index is -3.70. The number of aromatic amines is 1. The van der Waals surface area contributed by atoms with Crippen molar-refractivity contribution in [3.63, 3.8) is 0 Å². The van der Waals surface area contributed by atoms with Gasteiger partial charge in [-0.15, -0.1) is 0 Å². The monoisotopic (exact) mass is 402 g/mol. The molecule has 0 saturated carbocycles. The summed E-state index contributed by atoms with van der Waals surface area (Å²) in [6.45, 7) is 1.72. The third-order valence-corrected chi connectivity index (χ3v) is 4.85. The summed E-state index contributed by atoms with van der Waals surface area (Å²) < 4.78 is 29.9. The zero-order chi connectivity index (χ0) is 19.7. The van der Waals surface area contributed by atoms with Crippen LogP contribution >= 0.6 is 0 Å². The second-order valence-corrected chi connectivity index (χ2v) is 8.14. The van der Waals surface area contributed by atoms with Gasteiger partial charge >= 0.3 is 5.91 Å². The molecule has 2 N–H and O–H groups in total. The number of imidazole rings is 1. The Morgan fingerprint density at radius 2 is 2.07 bits per heavy atom. The topological polar surface area (TPSA) is 130 Å². The number of nitrogens with one attached hydrogen (secondary N) is 2. The second-order valence-electron chi connectivity index (χ2n) is 6.39. The number of anilines is 1. The van der Waals surface area contributed by atoms with E-state index < -0.39 is 15.9 Å². The molecule has 0 radical (unpaired) electrons. The van der Waals surface area contributed by atoms with Gasteiger partial charge < -0.3 is 14.6 Å². The number of nitrogens with zero attached hydrogens (tertiary/aromatic N) is 4. The molecule has 1 aliphatic rings. The van der Waals surface area contributed by atoms with E-state index in [0.717, 1.165) is 11.8 Å². The molecule has 0 aliphatic carbocycles. The number of morpholine rings is 1. The summed E-state index contributed by atoms with van der Waals surface area (Å²) in [5.41, 5.74) is 1.92. The molecule has 1 amide bonds. The maximum atomic E-state index is 12.0. The lowest BCUT2D eigenvalue weighted by atomic mass is 10.1. The molecule has 1 aromatic carbocycles. The molecule has 28 heavy (non-hydrogen) atoms. The van der Waals surface area contributed by atoms with E-state index in [1.54, 1.807) is 0 Å². The van der Waals surface area contributed by atoms with E-state index in [0.29, 0.717) is 31.2 Å². The van der Waals surface area contributed by atoms with Gasteiger partial charge in [0, 0.05) is 6.54 Å². The van der Waals surface area contributed by atoms with Crippen molar-refractivity contribution in [2.45, 2.75) is 6.04 Å². The summed E-state index contributed by atoms with van der Waals surface area (Å²) in [7, 11) is -3.70. The van der Waals surface area contributed by atoms with Crippen molar-refractivity contribution in [3.8, 4) is 0 Å². The molecule has 0 spiro atoms. The standard InChI is InChI=1S/C17H18N6O4S/c1-28(25,26)22-16(24)15-18-9-12-14(20-15)21-17(19-12)23-7-8-27-10-13(23)11-5-3-2-4-6-11/h2-6,9,13H,7-8,10H2,1H3,(H,22,24)(H,18,19,20,21)/t13-/m0/s1. The fourth-order valence-electron chi connectivity index (χ4n) is 3.06. The number of hydrogen-bond donors (Lipinski definition) is 2. The van der Waals surface area contributed by atoms with E-state index in [-0.39, 0.29) is 17.5 Å². The van der Waals surface area contributed by atoms with Crippen molar-refractivity contribution in [3.05, 3.63) is 47.9 Å². The molecule has 11 heteroatoms. The molecule has 146 valence electrons. The molecular formula is C17H18N6O4S. The Balaban J connectivity index is 1.66. The van der Waals surface area contributed by atoms with Crippen molar-refractivity contribution in [2.75, 3.05) is 30.9 Å². The highest BCUT2D eigenvalue weighted by Crippen LogP contribution is 2.28. The Hall–Kier alpha value is -3.05. The number of benzene rings is 1. The van der Waals surface area contributed by atoms with Gasteiger partial charge in [0.25, 0.3) is 0 Å². The molecule has 1 fully saturated rings. The largest absolute Gasteiger partial charge is 0.377 e. The van der Waals surface area contributed by atoms with Crippen molar-refractivity contribution < 1.29 is 17.9 Å². The highest BCUT2D eigenvalue weighted by atomic mass is 32.2. The van der Waals surface area contributed by atoms with E-state index in [1.165, 1.54) is 6.20 Å².